The summed E-state index contributed by atoms with van der Waals surface area (Å²) < 4.78 is 0. The molecule has 1 spiro atoms. The summed E-state index contributed by atoms with van der Waals surface area (Å²) in [5.41, 5.74) is 4.32. The van der Waals surface area contributed by atoms with E-state index in [4.69, 9.17) is 0 Å². The number of aryl methyl sites for hydroxylation is 3. The van der Waals surface area contributed by atoms with Crippen molar-refractivity contribution in [2.45, 2.75) is 45.2 Å². The Hall–Kier alpha value is -2.69. The SMILES string of the molecule is Cc1ccc(CN2C(=O)NC3(CCc4ccccc4C3)C2=O)c(C)n1. The van der Waals surface area contributed by atoms with Gasteiger partial charge >= 0.3 is 6.03 Å². The minimum atomic E-state index is -0.794. The molecule has 1 aliphatic heterocycles. The third-order valence-corrected chi connectivity index (χ3v) is 5.34. The standard InChI is InChI=1S/C20H21N3O2/c1-13-7-8-17(14(2)21-13)12-23-18(24)20(22-19(23)25)10-9-15-5-3-4-6-16(15)11-20/h3-8H,9-12H2,1-2H3,(H,22,25). The van der Waals surface area contributed by atoms with Crippen LogP contribution >= 0.6 is 0 Å². The van der Waals surface area contributed by atoms with Gasteiger partial charge in [-0.3, -0.25) is 14.7 Å². The topological polar surface area (TPSA) is 62.3 Å². The molecule has 25 heavy (non-hydrogen) atoms. The van der Waals surface area contributed by atoms with Crippen LogP contribution in [0.2, 0.25) is 0 Å². The van der Waals surface area contributed by atoms with Gasteiger partial charge < -0.3 is 5.32 Å². The summed E-state index contributed by atoms with van der Waals surface area (Å²) in [6.07, 6.45) is 2.02. The molecule has 1 N–H and O–H groups in total. The highest BCUT2D eigenvalue weighted by Crippen LogP contribution is 2.34. The number of carbonyl (C=O) groups excluding carboxylic acids is 2. The maximum absolute atomic E-state index is 13.1. The Kier molecular flexibility index (Phi) is 3.60. The van der Waals surface area contributed by atoms with E-state index in [1.807, 2.05) is 44.2 Å². The first-order valence-corrected chi connectivity index (χ1v) is 8.62. The second-order valence-corrected chi connectivity index (χ2v) is 7.05. The molecule has 0 saturated carbocycles. The van der Waals surface area contributed by atoms with Crippen LogP contribution in [0.15, 0.2) is 36.4 Å². The number of hydrogen-bond donors (Lipinski definition) is 1. The first kappa shape index (κ1) is 15.8. The van der Waals surface area contributed by atoms with Crippen molar-refractivity contribution in [3.63, 3.8) is 0 Å². The molecule has 2 heterocycles. The van der Waals surface area contributed by atoms with Crippen LogP contribution < -0.4 is 5.32 Å². The maximum atomic E-state index is 13.1. The number of fused-ring (bicyclic) bond motifs is 1. The Labute approximate surface area is 147 Å². The number of nitrogens with one attached hydrogen (secondary N) is 1. The van der Waals surface area contributed by atoms with E-state index in [0.717, 1.165) is 28.9 Å². The summed E-state index contributed by atoms with van der Waals surface area (Å²) in [6.45, 7) is 4.11. The largest absolute Gasteiger partial charge is 0.325 e. The van der Waals surface area contributed by atoms with Crippen LogP contribution in [0.25, 0.3) is 0 Å². The molecule has 1 aliphatic carbocycles. The van der Waals surface area contributed by atoms with E-state index in [-0.39, 0.29) is 18.5 Å². The number of aromatic nitrogens is 1. The first-order valence-electron chi connectivity index (χ1n) is 8.62. The highest BCUT2D eigenvalue weighted by Gasteiger charge is 2.52. The van der Waals surface area contributed by atoms with Crippen LogP contribution in [0.1, 0.15) is 34.5 Å². The summed E-state index contributed by atoms with van der Waals surface area (Å²) in [7, 11) is 0. The molecule has 4 rings (SSSR count). The highest BCUT2D eigenvalue weighted by molar-refractivity contribution is 6.07. The van der Waals surface area contributed by atoms with E-state index in [1.165, 1.54) is 10.5 Å². The van der Waals surface area contributed by atoms with Crippen molar-refractivity contribution in [2.24, 2.45) is 0 Å². The van der Waals surface area contributed by atoms with Crippen molar-refractivity contribution < 1.29 is 9.59 Å². The lowest BCUT2D eigenvalue weighted by atomic mass is 9.78. The molecule has 1 aromatic carbocycles. The fraction of sp³-hybridized carbons (Fsp3) is 0.350. The zero-order chi connectivity index (χ0) is 17.6. The molecule has 5 nitrogen and oxygen atoms in total. The molecule has 1 atom stereocenters. The maximum Gasteiger partial charge on any atom is 0.325 e. The summed E-state index contributed by atoms with van der Waals surface area (Å²) >= 11 is 0. The minimum Gasteiger partial charge on any atom is -0.323 e. The monoisotopic (exact) mass is 335 g/mol. The van der Waals surface area contributed by atoms with E-state index < -0.39 is 5.54 Å². The van der Waals surface area contributed by atoms with Crippen molar-refractivity contribution in [1.82, 2.24) is 15.2 Å². The molecule has 1 unspecified atom stereocenters. The zero-order valence-electron chi connectivity index (χ0n) is 14.5. The van der Waals surface area contributed by atoms with Gasteiger partial charge in [-0.2, -0.15) is 0 Å². The number of imide groups is 1. The van der Waals surface area contributed by atoms with Crippen LogP contribution in [0.3, 0.4) is 0 Å². The van der Waals surface area contributed by atoms with Gasteiger partial charge in [0.15, 0.2) is 0 Å². The molecule has 3 amide bonds. The Bertz CT molecular complexity index is 877. The molecule has 2 aromatic rings. The first-order chi connectivity index (χ1) is 12.0. The van der Waals surface area contributed by atoms with Gasteiger partial charge in [0.1, 0.15) is 5.54 Å². The highest BCUT2D eigenvalue weighted by atomic mass is 16.2. The number of hydrogen-bond acceptors (Lipinski definition) is 3. The van der Waals surface area contributed by atoms with Gasteiger partial charge in [-0.25, -0.2) is 4.79 Å². The van der Waals surface area contributed by atoms with Crippen molar-refractivity contribution in [3.05, 3.63) is 64.5 Å². The van der Waals surface area contributed by atoms with Crippen LogP contribution in [0.4, 0.5) is 4.79 Å². The van der Waals surface area contributed by atoms with Gasteiger partial charge in [0.05, 0.1) is 6.54 Å². The Morgan fingerprint density at radius 3 is 2.64 bits per heavy atom. The molecule has 5 heteroatoms. The van der Waals surface area contributed by atoms with Gasteiger partial charge in [-0.05, 0) is 49.4 Å². The summed E-state index contributed by atoms with van der Waals surface area (Å²) in [5, 5.41) is 2.98. The second kappa shape index (κ2) is 5.69. The molecule has 0 bridgehead atoms. The summed E-state index contributed by atoms with van der Waals surface area (Å²) in [5.74, 6) is -0.119. The van der Waals surface area contributed by atoms with Gasteiger partial charge in [0, 0.05) is 17.8 Å². The lowest BCUT2D eigenvalue weighted by molar-refractivity contribution is -0.132. The van der Waals surface area contributed by atoms with Crippen molar-refractivity contribution in [1.29, 1.82) is 0 Å². The molecule has 0 radical (unpaired) electrons. The number of amides is 3. The van der Waals surface area contributed by atoms with Gasteiger partial charge in [-0.1, -0.05) is 30.3 Å². The van der Waals surface area contributed by atoms with Crippen LogP contribution in [-0.4, -0.2) is 27.4 Å². The van der Waals surface area contributed by atoms with Gasteiger partial charge in [0.25, 0.3) is 5.91 Å². The molecule has 1 fully saturated rings. The Morgan fingerprint density at radius 1 is 1.12 bits per heavy atom. The lowest BCUT2D eigenvalue weighted by Gasteiger charge is -2.32. The Balaban J connectivity index is 1.61. The fourth-order valence-electron chi connectivity index (χ4n) is 3.90. The van der Waals surface area contributed by atoms with E-state index in [0.29, 0.717) is 12.8 Å². The molecular formula is C20H21N3O2. The minimum absolute atomic E-state index is 0.119. The lowest BCUT2D eigenvalue weighted by Crippen LogP contribution is -2.51. The van der Waals surface area contributed by atoms with Crippen molar-refractivity contribution in [3.8, 4) is 0 Å². The number of pyridine rings is 1. The van der Waals surface area contributed by atoms with Crippen molar-refractivity contribution >= 4 is 11.9 Å². The predicted octanol–water partition coefficient (Wildman–Crippen LogP) is 2.68. The fourth-order valence-corrected chi connectivity index (χ4v) is 3.90. The van der Waals surface area contributed by atoms with Crippen LogP contribution in [-0.2, 0) is 24.2 Å². The molecule has 1 aromatic heterocycles. The third-order valence-electron chi connectivity index (χ3n) is 5.34. The quantitative estimate of drug-likeness (QED) is 0.858. The molecule has 2 aliphatic rings. The average Bonchev–Trinajstić information content (AvgIpc) is 2.81. The summed E-state index contributed by atoms with van der Waals surface area (Å²) in [4.78, 5) is 31.4. The average molecular weight is 335 g/mol. The van der Waals surface area contributed by atoms with Crippen LogP contribution in [0.5, 0.6) is 0 Å². The Morgan fingerprint density at radius 2 is 1.88 bits per heavy atom. The second-order valence-electron chi connectivity index (χ2n) is 7.05. The number of urea groups is 1. The van der Waals surface area contributed by atoms with Gasteiger partial charge in [0.2, 0.25) is 0 Å². The normalized spacial score (nSPS) is 22.2. The smallest absolute Gasteiger partial charge is 0.323 e. The van der Waals surface area contributed by atoms with E-state index in [9.17, 15) is 9.59 Å². The molecular weight excluding hydrogens is 314 g/mol. The third kappa shape index (κ3) is 2.60. The van der Waals surface area contributed by atoms with Crippen LogP contribution in [0, 0.1) is 13.8 Å². The predicted molar refractivity (Wildman–Crippen MR) is 94.0 cm³/mol. The number of carbonyl (C=O) groups is 2. The van der Waals surface area contributed by atoms with E-state index >= 15 is 0 Å². The number of rotatable bonds is 2. The number of nitrogens with zero attached hydrogens (tertiary/aromatic N) is 2. The molecule has 128 valence electrons. The zero-order valence-corrected chi connectivity index (χ0v) is 14.5. The summed E-state index contributed by atoms with van der Waals surface area (Å²) in [6, 6.07) is 11.7. The molecule has 1 saturated heterocycles. The number of benzene rings is 1. The van der Waals surface area contributed by atoms with E-state index in [2.05, 4.69) is 16.4 Å². The van der Waals surface area contributed by atoms with Crippen molar-refractivity contribution in [2.75, 3.05) is 0 Å². The van der Waals surface area contributed by atoms with E-state index in [1.54, 1.807) is 0 Å². The van der Waals surface area contributed by atoms with Gasteiger partial charge in [-0.15, -0.1) is 0 Å².